The van der Waals surface area contributed by atoms with Crippen LogP contribution >= 0.6 is 11.8 Å². The molecule has 0 unspecified atom stereocenters. The Morgan fingerprint density at radius 1 is 1.16 bits per heavy atom. The van der Waals surface area contributed by atoms with E-state index in [1.54, 1.807) is 18.2 Å². The SMILES string of the molecule is C[C@@H](C(=O)SCc1ccccc1)c1cccc(O)c1. The fraction of sp³-hybridized carbons (Fsp3) is 0.188. The average molecular weight is 272 g/mol. The molecule has 1 N–H and O–H groups in total. The quantitative estimate of drug-likeness (QED) is 0.915. The van der Waals surface area contributed by atoms with Gasteiger partial charge in [0.25, 0.3) is 0 Å². The number of rotatable bonds is 4. The van der Waals surface area contributed by atoms with E-state index in [4.69, 9.17) is 0 Å². The van der Waals surface area contributed by atoms with E-state index in [0.29, 0.717) is 5.75 Å². The van der Waals surface area contributed by atoms with E-state index in [1.807, 2.05) is 43.3 Å². The van der Waals surface area contributed by atoms with Crippen molar-refractivity contribution in [2.75, 3.05) is 0 Å². The van der Waals surface area contributed by atoms with Gasteiger partial charge in [0.2, 0.25) is 0 Å². The molecular formula is C16H16O2S. The molecule has 2 nitrogen and oxygen atoms in total. The molecule has 0 heterocycles. The maximum atomic E-state index is 12.1. The maximum absolute atomic E-state index is 12.1. The third-order valence-corrected chi connectivity index (χ3v) is 4.06. The molecule has 98 valence electrons. The molecule has 2 aromatic rings. The van der Waals surface area contributed by atoms with Gasteiger partial charge >= 0.3 is 0 Å². The fourth-order valence-electron chi connectivity index (χ4n) is 1.78. The summed E-state index contributed by atoms with van der Waals surface area (Å²) in [7, 11) is 0. The van der Waals surface area contributed by atoms with E-state index in [2.05, 4.69) is 0 Å². The minimum Gasteiger partial charge on any atom is -0.508 e. The molecule has 0 aliphatic carbocycles. The second-order valence-electron chi connectivity index (χ2n) is 4.41. The van der Waals surface area contributed by atoms with Gasteiger partial charge in [0.15, 0.2) is 5.12 Å². The number of benzene rings is 2. The van der Waals surface area contributed by atoms with Gasteiger partial charge in [-0.05, 0) is 23.3 Å². The minimum absolute atomic E-state index is 0.120. The number of hydrogen-bond donors (Lipinski definition) is 1. The highest BCUT2D eigenvalue weighted by Gasteiger charge is 2.16. The Bertz CT molecular complexity index is 552. The van der Waals surface area contributed by atoms with Crippen LogP contribution in [0.1, 0.15) is 24.0 Å². The van der Waals surface area contributed by atoms with Crippen LogP contribution in [0.5, 0.6) is 5.75 Å². The highest BCUT2D eigenvalue weighted by Crippen LogP contribution is 2.26. The number of carbonyl (C=O) groups is 1. The number of carbonyl (C=O) groups excluding carboxylic acids is 1. The number of phenols is 1. The van der Waals surface area contributed by atoms with E-state index in [9.17, 15) is 9.90 Å². The first-order chi connectivity index (χ1) is 9.16. The zero-order valence-corrected chi connectivity index (χ0v) is 11.6. The molecule has 0 aromatic heterocycles. The molecule has 3 heteroatoms. The van der Waals surface area contributed by atoms with Crippen molar-refractivity contribution in [1.82, 2.24) is 0 Å². The van der Waals surface area contributed by atoms with Crippen LogP contribution in [0.15, 0.2) is 54.6 Å². The summed E-state index contributed by atoms with van der Waals surface area (Å²) in [6.45, 7) is 1.87. The molecule has 19 heavy (non-hydrogen) atoms. The first-order valence-electron chi connectivity index (χ1n) is 6.16. The van der Waals surface area contributed by atoms with Gasteiger partial charge in [-0.2, -0.15) is 0 Å². The zero-order chi connectivity index (χ0) is 13.7. The van der Waals surface area contributed by atoms with Gasteiger partial charge in [-0.3, -0.25) is 4.79 Å². The second-order valence-corrected chi connectivity index (χ2v) is 5.39. The molecule has 0 fully saturated rings. The highest BCUT2D eigenvalue weighted by atomic mass is 32.2. The normalized spacial score (nSPS) is 12.1. The summed E-state index contributed by atoms with van der Waals surface area (Å²) < 4.78 is 0. The van der Waals surface area contributed by atoms with Gasteiger partial charge < -0.3 is 5.11 Å². The largest absolute Gasteiger partial charge is 0.508 e. The molecule has 0 spiro atoms. The van der Waals surface area contributed by atoms with E-state index >= 15 is 0 Å². The third-order valence-electron chi connectivity index (χ3n) is 2.95. The van der Waals surface area contributed by atoms with Crippen LogP contribution in [-0.4, -0.2) is 10.2 Å². The lowest BCUT2D eigenvalue weighted by atomic mass is 10.0. The smallest absolute Gasteiger partial charge is 0.196 e. The molecule has 2 rings (SSSR count). The van der Waals surface area contributed by atoms with Crippen molar-refractivity contribution < 1.29 is 9.90 Å². The predicted octanol–water partition coefficient (Wildman–Crippen LogP) is 3.96. The molecule has 0 bridgehead atoms. The standard InChI is InChI=1S/C16H16O2S/c1-12(14-8-5-9-15(17)10-14)16(18)19-11-13-6-3-2-4-7-13/h2-10,12,17H,11H2,1H3/t12-/m1/s1. The van der Waals surface area contributed by atoms with Gasteiger partial charge in [0.1, 0.15) is 5.75 Å². The molecule has 2 aromatic carbocycles. The molecule has 0 radical (unpaired) electrons. The number of aromatic hydroxyl groups is 1. The van der Waals surface area contributed by atoms with Crippen LogP contribution in [0, 0.1) is 0 Å². The highest BCUT2D eigenvalue weighted by molar-refractivity contribution is 8.13. The van der Waals surface area contributed by atoms with E-state index in [0.717, 1.165) is 11.1 Å². The topological polar surface area (TPSA) is 37.3 Å². The lowest BCUT2D eigenvalue weighted by molar-refractivity contribution is -0.111. The summed E-state index contributed by atoms with van der Waals surface area (Å²) in [4.78, 5) is 12.1. The summed E-state index contributed by atoms with van der Waals surface area (Å²) in [5.41, 5.74) is 1.99. The molecule has 0 amide bonds. The summed E-state index contributed by atoms with van der Waals surface area (Å²) in [5.74, 6) is 0.675. The lowest BCUT2D eigenvalue weighted by Gasteiger charge is -2.10. The number of thioether (sulfide) groups is 1. The van der Waals surface area contributed by atoms with Crippen molar-refractivity contribution >= 4 is 16.9 Å². The second kappa shape index (κ2) is 6.43. The first-order valence-corrected chi connectivity index (χ1v) is 7.15. The van der Waals surface area contributed by atoms with Gasteiger partial charge in [0.05, 0.1) is 5.92 Å². The number of hydrogen-bond acceptors (Lipinski definition) is 3. The molecule has 0 aliphatic rings. The summed E-state index contributed by atoms with van der Waals surface area (Å²) in [6.07, 6.45) is 0. The van der Waals surface area contributed by atoms with Crippen LogP contribution in [-0.2, 0) is 10.5 Å². The Balaban J connectivity index is 1.96. The van der Waals surface area contributed by atoms with E-state index < -0.39 is 0 Å². The van der Waals surface area contributed by atoms with Crippen LogP contribution in [0.3, 0.4) is 0 Å². The van der Waals surface area contributed by atoms with Crippen molar-refractivity contribution in [3.63, 3.8) is 0 Å². The Kier molecular flexibility index (Phi) is 4.63. The van der Waals surface area contributed by atoms with Crippen LogP contribution < -0.4 is 0 Å². The van der Waals surface area contributed by atoms with Crippen LogP contribution in [0.4, 0.5) is 0 Å². The summed E-state index contributed by atoms with van der Waals surface area (Å²) in [6, 6.07) is 16.8. The van der Waals surface area contributed by atoms with Gasteiger partial charge in [-0.1, -0.05) is 61.2 Å². The molecule has 1 atom stereocenters. The minimum atomic E-state index is -0.208. The van der Waals surface area contributed by atoms with Crippen molar-refractivity contribution in [3.8, 4) is 5.75 Å². The monoisotopic (exact) mass is 272 g/mol. The molecular weight excluding hydrogens is 256 g/mol. The van der Waals surface area contributed by atoms with Gasteiger partial charge in [-0.15, -0.1) is 0 Å². The third kappa shape index (κ3) is 3.86. The average Bonchev–Trinajstić information content (AvgIpc) is 2.45. The van der Waals surface area contributed by atoms with Gasteiger partial charge in [0, 0.05) is 5.75 Å². The first kappa shape index (κ1) is 13.7. The number of phenolic OH excluding ortho intramolecular Hbond substituents is 1. The fourth-order valence-corrected chi connectivity index (χ4v) is 2.67. The summed E-state index contributed by atoms with van der Waals surface area (Å²) in [5, 5.41) is 9.55. The lowest BCUT2D eigenvalue weighted by Crippen LogP contribution is -2.05. The van der Waals surface area contributed by atoms with Crippen molar-refractivity contribution in [2.24, 2.45) is 0 Å². The van der Waals surface area contributed by atoms with Crippen molar-refractivity contribution in [1.29, 1.82) is 0 Å². The predicted molar refractivity (Wildman–Crippen MR) is 79.3 cm³/mol. The van der Waals surface area contributed by atoms with E-state index in [1.165, 1.54) is 11.8 Å². The van der Waals surface area contributed by atoms with E-state index in [-0.39, 0.29) is 16.8 Å². The Morgan fingerprint density at radius 3 is 2.58 bits per heavy atom. The molecule has 0 aliphatic heterocycles. The van der Waals surface area contributed by atoms with Crippen LogP contribution in [0.2, 0.25) is 0 Å². The molecule has 0 saturated heterocycles. The molecule has 0 saturated carbocycles. The Hall–Kier alpha value is -1.74. The zero-order valence-electron chi connectivity index (χ0n) is 10.7. The van der Waals surface area contributed by atoms with Crippen LogP contribution in [0.25, 0.3) is 0 Å². The van der Waals surface area contributed by atoms with Crippen molar-refractivity contribution in [3.05, 3.63) is 65.7 Å². The Morgan fingerprint density at radius 2 is 1.89 bits per heavy atom. The Labute approximate surface area is 117 Å². The van der Waals surface area contributed by atoms with Gasteiger partial charge in [-0.25, -0.2) is 0 Å². The maximum Gasteiger partial charge on any atom is 0.196 e. The summed E-state index contributed by atoms with van der Waals surface area (Å²) >= 11 is 1.32. The van der Waals surface area contributed by atoms with Crippen molar-refractivity contribution in [2.45, 2.75) is 18.6 Å².